The fraction of sp³-hybridized carbons (Fsp3) is 0.417. The van der Waals surface area contributed by atoms with Crippen molar-refractivity contribution in [3.05, 3.63) is 59.1 Å². The zero-order chi connectivity index (χ0) is 25.5. The highest BCUT2D eigenvalue weighted by Crippen LogP contribution is 2.30. The van der Waals surface area contributed by atoms with Crippen molar-refractivity contribution >= 4 is 39.1 Å². The number of methoxy groups -OCH3 is 1. The van der Waals surface area contributed by atoms with E-state index in [1.54, 1.807) is 55.5 Å². The van der Waals surface area contributed by atoms with E-state index in [4.69, 9.17) is 16.3 Å². The smallest absolute Gasteiger partial charge is 0.244 e. The molecule has 10 heteroatoms. The Morgan fingerprint density at radius 3 is 2.29 bits per heavy atom. The maximum absolute atomic E-state index is 13.5. The monoisotopic (exact) mass is 509 g/mol. The van der Waals surface area contributed by atoms with Gasteiger partial charge in [-0.25, -0.2) is 8.42 Å². The molecule has 2 atom stereocenters. The Balaban J connectivity index is 2.44. The molecule has 186 valence electrons. The minimum atomic E-state index is -3.85. The van der Waals surface area contributed by atoms with Crippen LogP contribution in [-0.4, -0.2) is 57.1 Å². The summed E-state index contributed by atoms with van der Waals surface area (Å²) in [6, 6.07) is 12.6. The molecule has 0 aromatic heterocycles. The number of hydrogen-bond acceptors (Lipinski definition) is 5. The molecule has 0 saturated carbocycles. The Labute approximate surface area is 206 Å². The lowest BCUT2D eigenvalue weighted by molar-refractivity contribution is -0.139. The molecule has 2 aromatic carbocycles. The van der Waals surface area contributed by atoms with Crippen molar-refractivity contribution in [2.45, 2.75) is 45.8 Å². The summed E-state index contributed by atoms with van der Waals surface area (Å²) < 4.78 is 31.6. The van der Waals surface area contributed by atoms with Gasteiger partial charge in [0.15, 0.2) is 0 Å². The Kier molecular flexibility index (Phi) is 9.76. The van der Waals surface area contributed by atoms with Crippen LogP contribution in [0.3, 0.4) is 0 Å². The SMILES string of the molecule is CC[C@@H](C)NC(=O)[C@H](C)N(Cc1ccccc1Cl)C(=O)CN(c1ccccc1OC)S(C)(=O)=O. The number of amides is 2. The van der Waals surface area contributed by atoms with Crippen LogP contribution in [0.1, 0.15) is 32.8 Å². The zero-order valence-electron chi connectivity index (χ0n) is 20.1. The largest absolute Gasteiger partial charge is 0.495 e. The van der Waals surface area contributed by atoms with Crippen molar-refractivity contribution in [1.82, 2.24) is 10.2 Å². The van der Waals surface area contributed by atoms with Gasteiger partial charge in [-0.05, 0) is 44.0 Å². The second-order valence-corrected chi connectivity index (χ2v) is 10.4. The van der Waals surface area contributed by atoms with Gasteiger partial charge in [0.05, 0.1) is 19.1 Å². The summed E-state index contributed by atoms with van der Waals surface area (Å²) in [6.07, 6.45) is 1.75. The van der Waals surface area contributed by atoms with E-state index in [2.05, 4.69) is 5.32 Å². The van der Waals surface area contributed by atoms with E-state index in [0.29, 0.717) is 16.3 Å². The molecule has 34 heavy (non-hydrogen) atoms. The summed E-state index contributed by atoms with van der Waals surface area (Å²) >= 11 is 6.32. The summed E-state index contributed by atoms with van der Waals surface area (Å²) in [5.41, 5.74) is 0.874. The van der Waals surface area contributed by atoms with Crippen LogP contribution in [-0.2, 0) is 26.2 Å². The van der Waals surface area contributed by atoms with Crippen molar-refractivity contribution < 1.29 is 22.7 Å². The van der Waals surface area contributed by atoms with Crippen molar-refractivity contribution in [1.29, 1.82) is 0 Å². The molecule has 0 fully saturated rings. The minimum Gasteiger partial charge on any atom is -0.495 e. The molecular weight excluding hydrogens is 478 g/mol. The average molecular weight is 510 g/mol. The molecule has 2 amide bonds. The van der Waals surface area contributed by atoms with E-state index in [-0.39, 0.29) is 24.2 Å². The van der Waals surface area contributed by atoms with Gasteiger partial charge in [0, 0.05) is 17.6 Å². The Morgan fingerprint density at radius 1 is 1.09 bits per heavy atom. The van der Waals surface area contributed by atoms with Gasteiger partial charge in [0.25, 0.3) is 0 Å². The fourth-order valence-corrected chi connectivity index (χ4v) is 4.34. The van der Waals surface area contributed by atoms with Crippen LogP contribution in [0.4, 0.5) is 5.69 Å². The van der Waals surface area contributed by atoms with Gasteiger partial charge in [-0.3, -0.25) is 13.9 Å². The summed E-state index contributed by atoms with van der Waals surface area (Å²) in [5.74, 6) is -0.582. The molecule has 2 rings (SSSR count). The first kappa shape index (κ1) is 27.5. The second-order valence-electron chi connectivity index (χ2n) is 8.05. The van der Waals surface area contributed by atoms with Crippen molar-refractivity contribution in [2.24, 2.45) is 0 Å². The quantitative estimate of drug-likeness (QED) is 0.500. The number of hydrogen-bond donors (Lipinski definition) is 1. The van der Waals surface area contributed by atoms with Gasteiger partial charge < -0.3 is 15.0 Å². The number of anilines is 1. The summed E-state index contributed by atoms with van der Waals surface area (Å²) in [4.78, 5) is 27.8. The number of halogens is 1. The van der Waals surface area contributed by atoms with Crippen molar-refractivity contribution in [3.63, 3.8) is 0 Å². The molecule has 0 saturated heterocycles. The normalized spacial score (nSPS) is 13.0. The highest BCUT2D eigenvalue weighted by molar-refractivity contribution is 7.92. The van der Waals surface area contributed by atoms with Gasteiger partial charge >= 0.3 is 0 Å². The van der Waals surface area contributed by atoms with Crippen molar-refractivity contribution in [2.75, 3.05) is 24.2 Å². The first-order valence-electron chi connectivity index (χ1n) is 10.9. The number of benzene rings is 2. The third kappa shape index (κ3) is 7.11. The van der Waals surface area contributed by atoms with Crippen molar-refractivity contribution in [3.8, 4) is 5.75 Å². The molecule has 1 N–H and O–H groups in total. The van der Waals surface area contributed by atoms with Crippen LogP contribution in [0.15, 0.2) is 48.5 Å². The van der Waals surface area contributed by atoms with E-state index in [1.807, 2.05) is 13.8 Å². The first-order valence-corrected chi connectivity index (χ1v) is 13.2. The van der Waals surface area contributed by atoms with Crippen LogP contribution >= 0.6 is 11.6 Å². The highest BCUT2D eigenvalue weighted by Gasteiger charge is 2.31. The van der Waals surface area contributed by atoms with Crippen LogP contribution in [0.5, 0.6) is 5.75 Å². The number of rotatable bonds is 11. The van der Waals surface area contributed by atoms with Crippen LogP contribution in [0, 0.1) is 0 Å². The molecule has 0 unspecified atom stereocenters. The number of para-hydroxylation sites is 2. The predicted octanol–water partition coefficient (Wildman–Crippen LogP) is 3.45. The number of ether oxygens (including phenoxy) is 1. The predicted molar refractivity (Wildman–Crippen MR) is 135 cm³/mol. The molecule has 0 aliphatic rings. The lowest BCUT2D eigenvalue weighted by atomic mass is 10.1. The molecule has 0 bridgehead atoms. The van der Waals surface area contributed by atoms with E-state index in [1.165, 1.54) is 12.0 Å². The Hall–Kier alpha value is -2.78. The third-order valence-electron chi connectivity index (χ3n) is 5.50. The number of nitrogens with one attached hydrogen (secondary N) is 1. The Morgan fingerprint density at radius 2 is 1.71 bits per heavy atom. The summed E-state index contributed by atoms with van der Waals surface area (Å²) in [5, 5.41) is 3.32. The molecule has 0 heterocycles. The highest BCUT2D eigenvalue weighted by atomic mass is 35.5. The van der Waals surface area contributed by atoms with Crippen LogP contribution < -0.4 is 14.4 Å². The van der Waals surface area contributed by atoms with Crippen LogP contribution in [0.2, 0.25) is 5.02 Å². The molecule has 0 spiro atoms. The number of sulfonamides is 1. The molecule has 2 aromatic rings. The molecule has 8 nitrogen and oxygen atoms in total. The van der Waals surface area contributed by atoms with Gasteiger partial charge in [0.2, 0.25) is 21.8 Å². The van der Waals surface area contributed by atoms with Gasteiger partial charge in [-0.2, -0.15) is 0 Å². The number of carbonyl (C=O) groups excluding carboxylic acids is 2. The average Bonchev–Trinajstić information content (AvgIpc) is 2.80. The fourth-order valence-electron chi connectivity index (χ4n) is 3.29. The van der Waals surface area contributed by atoms with E-state index < -0.39 is 28.5 Å². The minimum absolute atomic E-state index is 0.0388. The lowest BCUT2D eigenvalue weighted by Gasteiger charge is -2.32. The van der Waals surface area contributed by atoms with Crippen LogP contribution in [0.25, 0.3) is 0 Å². The zero-order valence-corrected chi connectivity index (χ0v) is 21.7. The van der Waals surface area contributed by atoms with E-state index in [0.717, 1.165) is 17.0 Å². The molecule has 0 aliphatic carbocycles. The van der Waals surface area contributed by atoms with E-state index in [9.17, 15) is 18.0 Å². The van der Waals surface area contributed by atoms with Gasteiger partial charge in [0.1, 0.15) is 18.3 Å². The third-order valence-corrected chi connectivity index (χ3v) is 7.00. The molecule has 0 radical (unpaired) electrons. The topological polar surface area (TPSA) is 96.0 Å². The second kappa shape index (κ2) is 12.1. The standard InChI is InChI=1S/C24H32ClN3O5S/c1-6-17(2)26-24(30)18(3)27(15-19-11-7-8-12-20(19)25)23(29)16-28(34(5,31)32)21-13-9-10-14-22(21)33-4/h7-14,17-18H,6,15-16H2,1-5H3,(H,26,30)/t17-,18+/m1/s1. The number of carbonyl (C=O) groups is 2. The van der Waals surface area contributed by atoms with Gasteiger partial charge in [-0.1, -0.05) is 48.9 Å². The molecule has 0 aliphatic heterocycles. The summed E-state index contributed by atoms with van der Waals surface area (Å²) in [7, 11) is -2.43. The van der Waals surface area contributed by atoms with E-state index >= 15 is 0 Å². The van der Waals surface area contributed by atoms with Gasteiger partial charge in [-0.15, -0.1) is 0 Å². The molecular formula is C24H32ClN3O5S. The summed E-state index contributed by atoms with van der Waals surface area (Å²) in [6.45, 7) is 4.96. The first-order chi connectivity index (χ1) is 16.0. The number of nitrogens with zero attached hydrogens (tertiary/aromatic N) is 2. The maximum Gasteiger partial charge on any atom is 0.244 e. The Bertz CT molecular complexity index is 1110. The lowest BCUT2D eigenvalue weighted by Crippen LogP contribution is -2.52. The maximum atomic E-state index is 13.5.